The SMILES string of the molecule is CCN(CC)CCCC(C)Nc1cc(N)nc2nc(C)cnc12.Cl.Cl. The topological polar surface area (TPSA) is 80.0 Å². The summed E-state index contributed by atoms with van der Waals surface area (Å²) < 4.78 is 0. The Balaban J connectivity index is 0.00000288. The highest BCUT2D eigenvalue weighted by atomic mass is 35.5. The zero-order chi connectivity index (χ0) is 16.8. The summed E-state index contributed by atoms with van der Waals surface area (Å²) in [5, 5.41) is 3.51. The number of hydrogen-bond acceptors (Lipinski definition) is 6. The van der Waals surface area contributed by atoms with Gasteiger partial charge in [-0.3, -0.25) is 0 Å². The van der Waals surface area contributed by atoms with Gasteiger partial charge in [0, 0.05) is 18.3 Å². The van der Waals surface area contributed by atoms with Gasteiger partial charge in [-0.25, -0.2) is 15.0 Å². The molecule has 2 heterocycles. The molecule has 0 saturated carbocycles. The van der Waals surface area contributed by atoms with Crippen molar-refractivity contribution in [2.24, 2.45) is 0 Å². The fraction of sp³-hybridized carbons (Fsp3) is 0.588. The third-order valence-corrected chi connectivity index (χ3v) is 4.06. The molecule has 3 N–H and O–H groups in total. The minimum atomic E-state index is 0. The van der Waals surface area contributed by atoms with E-state index < -0.39 is 0 Å². The Hall–Kier alpha value is -1.37. The highest BCUT2D eigenvalue weighted by Crippen LogP contribution is 2.22. The molecule has 1 atom stereocenters. The summed E-state index contributed by atoms with van der Waals surface area (Å²) >= 11 is 0. The molecule has 0 aliphatic carbocycles. The Kier molecular flexibility index (Phi) is 10.7. The summed E-state index contributed by atoms with van der Waals surface area (Å²) in [7, 11) is 0. The van der Waals surface area contributed by atoms with Gasteiger partial charge in [-0.05, 0) is 46.3 Å². The molecular formula is C17H30Cl2N6. The minimum absolute atomic E-state index is 0. The Bertz CT molecular complexity index is 643. The van der Waals surface area contributed by atoms with E-state index in [1.165, 1.54) is 6.42 Å². The summed E-state index contributed by atoms with van der Waals surface area (Å²) in [6, 6.07) is 2.19. The first-order valence-electron chi connectivity index (χ1n) is 8.42. The molecule has 1 unspecified atom stereocenters. The first-order valence-corrected chi connectivity index (χ1v) is 8.42. The van der Waals surface area contributed by atoms with Crippen LogP contribution < -0.4 is 11.1 Å². The maximum absolute atomic E-state index is 5.90. The third-order valence-electron chi connectivity index (χ3n) is 4.06. The lowest BCUT2D eigenvalue weighted by atomic mass is 10.1. The van der Waals surface area contributed by atoms with Gasteiger partial charge < -0.3 is 16.0 Å². The van der Waals surface area contributed by atoms with Crippen molar-refractivity contribution in [2.45, 2.75) is 46.6 Å². The van der Waals surface area contributed by atoms with Crippen molar-refractivity contribution >= 4 is 47.5 Å². The summed E-state index contributed by atoms with van der Waals surface area (Å²) in [6.45, 7) is 11.9. The van der Waals surface area contributed by atoms with Crippen LogP contribution in [0.5, 0.6) is 0 Å². The van der Waals surface area contributed by atoms with Crippen molar-refractivity contribution in [3.05, 3.63) is 18.0 Å². The molecule has 0 aliphatic heterocycles. The second kappa shape index (κ2) is 11.3. The second-order valence-corrected chi connectivity index (χ2v) is 5.99. The van der Waals surface area contributed by atoms with E-state index in [-0.39, 0.29) is 24.8 Å². The van der Waals surface area contributed by atoms with E-state index in [1.54, 1.807) is 6.20 Å². The molecule has 6 nitrogen and oxygen atoms in total. The first-order chi connectivity index (χ1) is 11.0. The molecule has 0 aromatic carbocycles. The Morgan fingerprint density at radius 1 is 1.20 bits per heavy atom. The van der Waals surface area contributed by atoms with Crippen LogP contribution >= 0.6 is 24.8 Å². The van der Waals surface area contributed by atoms with Crippen molar-refractivity contribution in [2.75, 3.05) is 30.7 Å². The van der Waals surface area contributed by atoms with Crippen LogP contribution in [-0.4, -0.2) is 45.5 Å². The lowest BCUT2D eigenvalue weighted by Gasteiger charge is -2.20. The molecule has 2 rings (SSSR count). The number of rotatable bonds is 8. The number of aryl methyl sites for hydroxylation is 1. The van der Waals surface area contributed by atoms with Crippen LogP contribution in [0.4, 0.5) is 11.5 Å². The maximum Gasteiger partial charge on any atom is 0.182 e. The zero-order valence-corrected chi connectivity index (χ0v) is 17.1. The molecule has 0 spiro atoms. The third kappa shape index (κ3) is 6.80. The lowest BCUT2D eigenvalue weighted by molar-refractivity contribution is 0.295. The molecule has 0 aliphatic rings. The minimum Gasteiger partial charge on any atom is -0.384 e. The first kappa shape index (κ1) is 23.6. The molecule has 25 heavy (non-hydrogen) atoms. The summed E-state index contributed by atoms with van der Waals surface area (Å²) in [5.74, 6) is 0.468. The lowest BCUT2D eigenvalue weighted by Crippen LogP contribution is -2.25. The van der Waals surface area contributed by atoms with Gasteiger partial charge in [0.1, 0.15) is 11.3 Å². The monoisotopic (exact) mass is 388 g/mol. The smallest absolute Gasteiger partial charge is 0.182 e. The van der Waals surface area contributed by atoms with Crippen molar-refractivity contribution < 1.29 is 0 Å². The number of pyridine rings is 1. The quantitative estimate of drug-likeness (QED) is 0.717. The number of nitrogens with one attached hydrogen (secondary N) is 1. The molecule has 0 fully saturated rings. The van der Waals surface area contributed by atoms with Crippen LogP contribution in [0.2, 0.25) is 0 Å². The molecule has 0 amide bonds. The van der Waals surface area contributed by atoms with Gasteiger partial charge in [0.05, 0.1) is 11.4 Å². The van der Waals surface area contributed by atoms with Crippen LogP contribution in [0.1, 0.15) is 39.3 Å². The number of nitrogen functional groups attached to an aromatic ring is 1. The number of anilines is 2. The molecular weight excluding hydrogens is 359 g/mol. The molecule has 142 valence electrons. The van der Waals surface area contributed by atoms with E-state index in [0.717, 1.165) is 43.0 Å². The normalized spacial score (nSPS) is 11.7. The van der Waals surface area contributed by atoms with Crippen LogP contribution in [0, 0.1) is 6.92 Å². The highest BCUT2D eigenvalue weighted by Gasteiger charge is 2.10. The van der Waals surface area contributed by atoms with E-state index in [4.69, 9.17) is 5.73 Å². The molecule has 2 aromatic rings. The summed E-state index contributed by atoms with van der Waals surface area (Å²) in [4.78, 5) is 15.6. The van der Waals surface area contributed by atoms with Crippen molar-refractivity contribution in [1.29, 1.82) is 0 Å². The van der Waals surface area contributed by atoms with E-state index >= 15 is 0 Å². The van der Waals surface area contributed by atoms with Gasteiger partial charge in [0.15, 0.2) is 5.65 Å². The standard InChI is InChI=1S/C17H28N6.2ClH/c1-5-23(6-2)9-7-8-12(3)20-14-10-15(18)22-17-16(14)19-11-13(4)21-17;;/h10-12H,5-9H2,1-4H3,(H3,18,20,21,22);2*1H. The van der Waals surface area contributed by atoms with Crippen LogP contribution in [-0.2, 0) is 0 Å². The summed E-state index contributed by atoms with van der Waals surface area (Å²) in [6.07, 6.45) is 4.02. The van der Waals surface area contributed by atoms with E-state index in [0.29, 0.717) is 17.5 Å². The molecule has 0 radical (unpaired) electrons. The molecule has 2 aromatic heterocycles. The van der Waals surface area contributed by atoms with Gasteiger partial charge in [-0.2, -0.15) is 0 Å². The zero-order valence-electron chi connectivity index (χ0n) is 15.5. The van der Waals surface area contributed by atoms with Crippen molar-refractivity contribution in [3.63, 3.8) is 0 Å². The predicted molar refractivity (Wildman–Crippen MR) is 111 cm³/mol. The number of nitrogens with two attached hydrogens (primary N) is 1. The Labute approximate surface area is 162 Å². The van der Waals surface area contributed by atoms with E-state index in [9.17, 15) is 0 Å². The van der Waals surface area contributed by atoms with Gasteiger partial charge in [-0.1, -0.05) is 13.8 Å². The fourth-order valence-corrected chi connectivity index (χ4v) is 2.71. The summed E-state index contributed by atoms with van der Waals surface area (Å²) in [5.41, 5.74) is 9.03. The number of aromatic nitrogens is 3. The van der Waals surface area contributed by atoms with Gasteiger partial charge in [0.2, 0.25) is 0 Å². The number of hydrogen-bond donors (Lipinski definition) is 2. The van der Waals surface area contributed by atoms with Crippen molar-refractivity contribution in [3.8, 4) is 0 Å². The van der Waals surface area contributed by atoms with Gasteiger partial charge in [0.25, 0.3) is 0 Å². The number of halogens is 2. The van der Waals surface area contributed by atoms with Gasteiger partial charge >= 0.3 is 0 Å². The Morgan fingerprint density at radius 3 is 2.52 bits per heavy atom. The maximum atomic E-state index is 5.90. The van der Waals surface area contributed by atoms with Crippen LogP contribution in [0.25, 0.3) is 11.2 Å². The fourth-order valence-electron chi connectivity index (χ4n) is 2.71. The predicted octanol–water partition coefficient (Wildman–Crippen LogP) is 3.68. The van der Waals surface area contributed by atoms with E-state index in [2.05, 4.69) is 45.9 Å². The Morgan fingerprint density at radius 2 is 1.88 bits per heavy atom. The molecule has 0 bridgehead atoms. The number of nitrogens with zero attached hydrogens (tertiary/aromatic N) is 4. The van der Waals surface area contributed by atoms with Gasteiger partial charge in [-0.15, -0.1) is 24.8 Å². The molecule has 0 saturated heterocycles. The number of fused-ring (bicyclic) bond motifs is 1. The molecule has 8 heteroatoms. The average Bonchev–Trinajstić information content (AvgIpc) is 2.51. The van der Waals surface area contributed by atoms with Crippen molar-refractivity contribution in [1.82, 2.24) is 19.9 Å². The average molecular weight is 389 g/mol. The highest BCUT2D eigenvalue weighted by molar-refractivity contribution is 5.87. The van der Waals surface area contributed by atoms with Crippen LogP contribution in [0.15, 0.2) is 12.3 Å². The van der Waals surface area contributed by atoms with E-state index in [1.807, 2.05) is 13.0 Å². The van der Waals surface area contributed by atoms with Crippen LogP contribution in [0.3, 0.4) is 0 Å². The second-order valence-electron chi connectivity index (χ2n) is 5.99. The largest absolute Gasteiger partial charge is 0.384 e.